The van der Waals surface area contributed by atoms with Gasteiger partial charge in [-0.15, -0.1) is 0 Å². The molecule has 0 aliphatic rings. The molecule has 1 atom stereocenters. The molecule has 0 saturated carbocycles. The van der Waals surface area contributed by atoms with Crippen molar-refractivity contribution in [2.75, 3.05) is 13.6 Å². The number of hydrogen-bond donors (Lipinski definition) is 1. The van der Waals surface area contributed by atoms with Crippen molar-refractivity contribution in [3.63, 3.8) is 0 Å². The standard InChI is InChI=1S/C17H20Cl2N2/c1-12-4-3-5-13(8-12)11-21(2)17(10-20)15-9-14(18)6-7-16(15)19/h3-9,17H,10-11,20H2,1-2H3. The van der Waals surface area contributed by atoms with E-state index in [1.165, 1.54) is 11.1 Å². The van der Waals surface area contributed by atoms with Crippen molar-refractivity contribution < 1.29 is 0 Å². The molecule has 2 N–H and O–H groups in total. The van der Waals surface area contributed by atoms with Gasteiger partial charge in [-0.1, -0.05) is 53.0 Å². The van der Waals surface area contributed by atoms with Gasteiger partial charge in [0.1, 0.15) is 0 Å². The topological polar surface area (TPSA) is 29.3 Å². The number of halogens is 2. The number of hydrogen-bond acceptors (Lipinski definition) is 2. The van der Waals surface area contributed by atoms with Crippen LogP contribution in [-0.4, -0.2) is 18.5 Å². The van der Waals surface area contributed by atoms with Gasteiger partial charge in [-0.05, 0) is 43.3 Å². The predicted molar refractivity (Wildman–Crippen MR) is 90.9 cm³/mol. The summed E-state index contributed by atoms with van der Waals surface area (Å²) in [7, 11) is 2.05. The van der Waals surface area contributed by atoms with Gasteiger partial charge in [-0.3, -0.25) is 4.90 Å². The first-order valence-electron chi connectivity index (χ1n) is 6.92. The van der Waals surface area contributed by atoms with E-state index < -0.39 is 0 Å². The maximum Gasteiger partial charge on any atom is 0.0486 e. The molecule has 0 aromatic heterocycles. The van der Waals surface area contributed by atoms with Gasteiger partial charge in [-0.2, -0.15) is 0 Å². The summed E-state index contributed by atoms with van der Waals surface area (Å²) < 4.78 is 0. The van der Waals surface area contributed by atoms with Crippen LogP contribution in [0.5, 0.6) is 0 Å². The van der Waals surface area contributed by atoms with Crippen LogP contribution in [0.3, 0.4) is 0 Å². The van der Waals surface area contributed by atoms with Gasteiger partial charge in [0.2, 0.25) is 0 Å². The summed E-state index contributed by atoms with van der Waals surface area (Å²) >= 11 is 12.4. The van der Waals surface area contributed by atoms with Gasteiger partial charge in [0.25, 0.3) is 0 Å². The Morgan fingerprint density at radius 3 is 2.57 bits per heavy atom. The van der Waals surface area contributed by atoms with Gasteiger partial charge >= 0.3 is 0 Å². The highest BCUT2D eigenvalue weighted by atomic mass is 35.5. The number of aryl methyl sites for hydroxylation is 1. The van der Waals surface area contributed by atoms with E-state index in [4.69, 9.17) is 28.9 Å². The first-order chi connectivity index (χ1) is 10.0. The number of nitrogens with zero attached hydrogens (tertiary/aromatic N) is 1. The lowest BCUT2D eigenvalue weighted by molar-refractivity contribution is 0.242. The average Bonchev–Trinajstić information content (AvgIpc) is 2.43. The fourth-order valence-electron chi connectivity index (χ4n) is 2.52. The minimum absolute atomic E-state index is 0.0386. The second-order valence-electron chi connectivity index (χ2n) is 5.32. The molecule has 2 aromatic carbocycles. The maximum atomic E-state index is 6.30. The average molecular weight is 323 g/mol. The van der Waals surface area contributed by atoms with E-state index in [0.717, 1.165) is 12.1 Å². The molecule has 1 unspecified atom stereocenters. The number of likely N-dealkylation sites (N-methyl/N-ethyl adjacent to an activating group) is 1. The van der Waals surface area contributed by atoms with E-state index in [0.29, 0.717) is 16.6 Å². The smallest absolute Gasteiger partial charge is 0.0486 e. The summed E-state index contributed by atoms with van der Waals surface area (Å²) in [5.74, 6) is 0. The van der Waals surface area contributed by atoms with Crippen molar-refractivity contribution >= 4 is 23.2 Å². The van der Waals surface area contributed by atoms with Crippen LogP contribution in [0.25, 0.3) is 0 Å². The fourth-order valence-corrected chi connectivity index (χ4v) is 2.95. The van der Waals surface area contributed by atoms with Gasteiger partial charge < -0.3 is 5.73 Å². The van der Waals surface area contributed by atoms with Gasteiger partial charge in [-0.25, -0.2) is 0 Å². The Balaban J connectivity index is 2.22. The molecule has 4 heteroatoms. The summed E-state index contributed by atoms with van der Waals surface area (Å²) in [6.45, 7) is 3.40. The zero-order chi connectivity index (χ0) is 15.4. The third kappa shape index (κ3) is 4.21. The lowest BCUT2D eigenvalue weighted by Gasteiger charge is -2.28. The summed E-state index contributed by atoms with van der Waals surface area (Å²) in [6, 6.07) is 14.0. The minimum atomic E-state index is 0.0386. The molecule has 0 bridgehead atoms. The summed E-state index contributed by atoms with van der Waals surface area (Å²) in [5.41, 5.74) is 9.45. The lowest BCUT2D eigenvalue weighted by Crippen LogP contribution is -2.30. The van der Waals surface area contributed by atoms with E-state index in [-0.39, 0.29) is 6.04 Å². The summed E-state index contributed by atoms with van der Waals surface area (Å²) in [6.07, 6.45) is 0. The summed E-state index contributed by atoms with van der Waals surface area (Å²) in [5, 5.41) is 1.38. The highest BCUT2D eigenvalue weighted by Crippen LogP contribution is 2.29. The molecular formula is C17H20Cl2N2. The number of rotatable bonds is 5. The van der Waals surface area contributed by atoms with Crippen molar-refractivity contribution in [3.8, 4) is 0 Å². The normalized spacial score (nSPS) is 12.7. The second kappa shape index (κ2) is 7.28. The highest BCUT2D eigenvalue weighted by molar-refractivity contribution is 6.33. The van der Waals surface area contributed by atoms with Gasteiger partial charge in [0, 0.05) is 29.2 Å². The van der Waals surface area contributed by atoms with Crippen LogP contribution in [-0.2, 0) is 6.54 Å². The Labute approximate surface area is 136 Å². The first-order valence-corrected chi connectivity index (χ1v) is 7.67. The molecule has 0 fully saturated rings. The van der Waals surface area contributed by atoms with Crippen LogP contribution in [0.15, 0.2) is 42.5 Å². The minimum Gasteiger partial charge on any atom is -0.329 e. The Kier molecular flexibility index (Phi) is 5.65. The molecule has 0 radical (unpaired) electrons. The van der Waals surface area contributed by atoms with Crippen LogP contribution in [0, 0.1) is 6.92 Å². The third-order valence-corrected chi connectivity index (χ3v) is 4.17. The monoisotopic (exact) mass is 322 g/mol. The molecule has 0 amide bonds. The molecule has 0 aliphatic heterocycles. The van der Waals surface area contributed by atoms with Crippen LogP contribution < -0.4 is 5.73 Å². The zero-order valence-corrected chi connectivity index (χ0v) is 13.8. The summed E-state index contributed by atoms with van der Waals surface area (Å²) in [4.78, 5) is 2.20. The Morgan fingerprint density at radius 2 is 1.90 bits per heavy atom. The van der Waals surface area contributed by atoms with E-state index in [1.807, 2.05) is 12.1 Å². The molecular weight excluding hydrogens is 303 g/mol. The molecule has 0 saturated heterocycles. The molecule has 0 heterocycles. The highest BCUT2D eigenvalue weighted by Gasteiger charge is 2.18. The van der Waals surface area contributed by atoms with E-state index in [1.54, 1.807) is 6.07 Å². The van der Waals surface area contributed by atoms with Crippen molar-refractivity contribution in [2.45, 2.75) is 19.5 Å². The zero-order valence-electron chi connectivity index (χ0n) is 12.3. The maximum absolute atomic E-state index is 6.30. The predicted octanol–water partition coefficient (Wildman–Crippen LogP) is 4.43. The number of nitrogens with two attached hydrogens (primary N) is 1. The first kappa shape index (κ1) is 16.3. The molecule has 2 rings (SSSR count). The van der Waals surface area contributed by atoms with Crippen molar-refractivity contribution in [1.29, 1.82) is 0 Å². The SMILES string of the molecule is Cc1cccc(CN(C)C(CN)c2cc(Cl)ccc2Cl)c1. The van der Waals surface area contributed by atoms with Crippen LogP contribution in [0.1, 0.15) is 22.7 Å². The van der Waals surface area contributed by atoms with E-state index in [2.05, 4.69) is 43.1 Å². The van der Waals surface area contributed by atoms with Crippen molar-refractivity contribution in [2.24, 2.45) is 5.73 Å². The third-order valence-electron chi connectivity index (χ3n) is 3.59. The molecule has 21 heavy (non-hydrogen) atoms. The van der Waals surface area contributed by atoms with Gasteiger partial charge in [0.15, 0.2) is 0 Å². The number of benzene rings is 2. The Morgan fingerprint density at radius 1 is 1.14 bits per heavy atom. The van der Waals surface area contributed by atoms with Crippen LogP contribution in [0.4, 0.5) is 0 Å². The quantitative estimate of drug-likeness (QED) is 0.882. The fraction of sp³-hybridized carbons (Fsp3) is 0.294. The van der Waals surface area contributed by atoms with Gasteiger partial charge in [0.05, 0.1) is 0 Å². The van der Waals surface area contributed by atoms with Crippen molar-refractivity contribution in [1.82, 2.24) is 4.90 Å². The van der Waals surface area contributed by atoms with E-state index >= 15 is 0 Å². The Bertz CT molecular complexity index is 613. The molecule has 0 aliphatic carbocycles. The lowest BCUT2D eigenvalue weighted by atomic mass is 10.0. The van der Waals surface area contributed by atoms with Crippen LogP contribution in [0.2, 0.25) is 10.0 Å². The molecule has 2 aromatic rings. The Hall–Kier alpha value is -1.06. The van der Waals surface area contributed by atoms with Crippen LogP contribution >= 0.6 is 23.2 Å². The molecule has 2 nitrogen and oxygen atoms in total. The van der Waals surface area contributed by atoms with Crippen molar-refractivity contribution in [3.05, 3.63) is 69.2 Å². The molecule has 112 valence electrons. The molecule has 0 spiro atoms. The largest absolute Gasteiger partial charge is 0.329 e. The second-order valence-corrected chi connectivity index (χ2v) is 6.17. The van der Waals surface area contributed by atoms with E-state index in [9.17, 15) is 0 Å².